The molecule has 0 unspecified atom stereocenters. The van der Waals surface area contributed by atoms with E-state index in [4.69, 9.17) is 11.0 Å². The van der Waals surface area contributed by atoms with E-state index in [-0.39, 0.29) is 10.8 Å². The average Bonchev–Trinajstić information content (AvgIpc) is 2.60. The molecule has 0 bridgehead atoms. The van der Waals surface area contributed by atoms with Gasteiger partial charge in [0.25, 0.3) is 0 Å². The van der Waals surface area contributed by atoms with Crippen molar-refractivity contribution in [3.63, 3.8) is 0 Å². The van der Waals surface area contributed by atoms with Gasteiger partial charge in [-0.05, 0) is 34.9 Å². The van der Waals surface area contributed by atoms with E-state index in [0.29, 0.717) is 0 Å². The summed E-state index contributed by atoms with van der Waals surface area (Å²) >= 11 is 2.95. The van der Waals surface area contributed by atoms with Crippen molar-refractivity contribution in [1.82, 2.24) is 14.5 Å². The second kappa shape index (κ2) is 3.30. The number of imidazole rings is 1. The molecule has 3 nitrogen and oxygen atoms in total. The Morgan fingerprint density at radius 3 is 3.23 bits per heavy atom. The van der Waals surface area contributed by atoms with Crippen LogP contribution in [0.4, 0.5) is 0 Å². The quantitative estimate of drug-likeness (QED) is 0.773. The molecule has 0 saturated heterocycles. The minimum atomic E-state index is -2.76. The van der Waals surface area contributed by atoms with Crippen LogP contribution in [-0.4, -0.2) is 14.5 Å². The van der Waals surface area contributed by atoms with E-state index in [1.165, 1.54) is 0 Å². The van der Waals surface area contributed by atoms with Crippen LogP contribution in [0.15, 0.2) is 35.3 Å². The van der Waals surface area contributed by atoms with Crippen LogP contribution in [0.3, 0.4) is 0 Å². The second-order valence-corrected chi connectivity index (χ2v) is 2.87. The van der Waals surface area contributed by atoms with Crippen LogP contribution in [0, 0.1) is 6.85 Å². The Balaban J connectivity index is 2.94. The van der Waals surface area contributed by atoms with Gasteiger partial charge in [0.1, 0.15) is 12.3 Å². The van der Waals surface area contributed by atoms with E-state index in [1.54, 1.807) is 0 Å². The van der Waals surface area contributed by atoms with E-state index in [0.717, 1.165) is 4.57 Å². The minimum Gasteiger partial charge on any atom is -0.303 e. The number of rotatable bonds is 1. The van der Waals surface area contributed by atoms with Gasteiger partial charge in [0, 0.05) is 16.5 Å². The van der Waals surface area contributed by atoms with Gasteiger partial charge in [-0.3, -0.25) is 4.98 Å². The van der Waals surface area contributed by atoms with Crippen molar-refractivity contribution in [2.45, 2.75) is 6.85 Å². The molecule has 0 aromatic carbocycles. The maximum absolute atomic E-state index is 7.87. The van der Waals surface area contributed by atoms with Crippen molar-refractivity contribution in [2.24, 2.45) is 0 Å². The van der Waals surface area contributed by atoms with Gasteiger partial charge in [-0.25, -0.2) is 4.98 Å². The molecule has 0 aliphatic heterocycles. The van der Waals surface area contributed by atoms with Gasteiger partial charge in [-0.2, -0.15) is 0 Å². The van der Waals surface area contributed by atoms with Gasteiger partial charge in [0.2, 0.25) is 0 Å². The Bertz CT molecular complexity index is 723. The van der Waals surface area contributed by atoms with Crippen LogP contribution in [0.1, 0.15) is 16.7 Å². The molecule has 66 valence electrons. The number of aryl methyl sites for hydroxylation is 1. The smallest absolute Gasteiger partial charge is 0.124 e. The van der Waals surface area contributed by atoms with E-state index in [2.05, 4.69) is 25.9 Å². The molecule has 4 heteroatoms. The third kappa shape index (κ3) is 1.62. The summed E-state index contributed by atoms with van der Waals surface area (Å²) in [5.41, 5.74) is -1.01. The monoisotopic (exact) mass is 245 g/mol. The van der Waals surface area contributed by atoms with E-state index in [9.17, 15) is 0 Å². The highest BCUT2D eigenvalue weighted by Gasteiger charge is 2.01. The van der Waals surface area contributed by atoms with E-state index < -0.39 is 42.8 Å². The Morgan fingerprint density at radius 1 is 1.62 bits per heavy atom. The van der Waals surface area contributed by atoms with Crippen molar-refractivity contribution < 1.29 is 11.0 Å². The molecule has 0 aliphatic carbocycles. The predicted octanol–water partition coefficient (Wildman–Crippen LogP) is 2.34. The van der Waals surface area contributed by atoms with Crippen molar-refractivity contribution in [3.05, 3.63) is 41.0 Å². The Labute approximate surface area is 95.8 Å². The maximum Gasteiger partial charge on any atom is 0.124 e. The Hall–Kier alpha value is -1.16. The SMILES string of the molecule is [2H]c1nc(C([2H])([2H])[2H])c(-n2c([2H])nc(Br)c2[2H])c([2H])c1[2H]. The molecule has 0 radical (unpaired) electrons. The van der Waals surface area contributed by atoms with Gasteiger partial charge in [0.15, 0.2) is 0 Å². The molecule has 0 fully saturated rings. The molecule has 2 heterocycles. The molecule has 0 saturated carbocycles. The highest BCUT2D eigenvalue weighted by molar-refractivity contribution is 9.10. The van der Waals surface area contributed by atoms with Crippen molar-refractivity contribution in [3.8, 4) is 5.69 Å². The van der Waals surface area contributed by atoms with Crippen LogP contribution in [-0.2, 0) is 0 Å². The lowest BCUT2D eigenvalue weighted by Gasteiger charge is -2.03. The van der Waals surface area contributed by atoms with Crippen LogP contribution < -0.4 is 0 Å². The standard InChI is InChI=1S/C9H8BrN3/c1-7-8(3-2-4-11-7)13-5-9(10)12-6-13/h2-6H,1H3/i1D3,2D,3D,4D,5D,6D. The van der Waals surface area contributed by atoms with Crippen LogP contribution >= 0.6 is 15.9 Å². The number of hydrogen-bond acceptors (Lipinski definition) is 2. The fraction of sp³-hybridized carbons (Fsp3) is 0.111. The summed E-state index contributed by atoms with van der Waals surface area (Å²) in [5, 5.41) is 0. The van der Waals surface area contributed by atoms with E-state index in [1.807, 2.05) is 0 Å². The number of hydrogen-bond donors (Lipinski definition) is 0. The Kier molecular flexibility index (Phi) is 0.813. The predicted molar refractivity (Wildman–Crippen MR) is 53.8 cm³/mol. The lowest BCUT2D eigenvalue weighted by atomic mass is 10.3. The van der Waals surface area contributed by atoms with Crippen molar-refractivity contribution >= 4 is 15.9 Å². The number of aromatic nitrogens is 3. The van der Waals surface area contributed by atoms with Crippen LogP contribution in [0.5, 0.6) is 0 Å². The molecule has 0 aliphatic rings. The normalized spacial score (nSPS) is 20.1. The number of pyridine rings is 1. The zero-order valence-electron chi connectivity index (χ0n) is 14.2. The molecule has 0 N–H and O–H groups in total. The topological polar surface area (TPSA) is 30.7 Å². The summed E-state index contributed by atoms with van der Waals surface area (Å²) in [4.78, 5) is 7.20. The molecule has 0 amide bonds. The first-order chi connectivity index (χ1) is 9.55. The lowest BCUT2D eigenvalue weighted by molar-refractivity contribution is 1.01. The lowest BCUT2D eigenvalue weighted by Crippen LogP contribution is -1.94. The maximum atomic E-state index is 7.87. The summed E-state index contributed by atoms with van der Waals surface area (Å²) in [5.74, 6) is 0. The average molecular weight is 246 g/mol. The van der Waals surface area contributed by atoms with E-state index >= 15 is 0 Å². The molecule has 2 rings (SSSR count). The summed E-state index contributed by atoms with van der Waals surface area (Å²) in [7, 11) is 0. The molecule has 0 atom stereocenters. The molecule has 2 aromatic heterocycles. The Morgan fingerprint density at radius 2 is 2.54 bits per heavy atom. The number of halogens is 1. The molecule has 13 heavy (non-hydrogen) atoms. The first-order valence-electron chi connectivity index (χ1n) is 7.25. The fourth-order valence-corrected chi connectivity index (χ4v) is 1.04. The number of nitrogens with zero attached hydrogens (tertiary/aromatic N) is 3. The van der Waals surface area contributed by atoms with Gasteiger partial charge >= 0.3 is 0 Å². The van der Waals surface area contributed by atoms with Gasteiger partial charge in [-0.15, -0.1) is 0 Å². The molecular formula is C9H8BrN3. The largest absolute Gasteiger partial charge is 0.303 e. The van der Waals surface area contributed by atoms with Gasteiger partial charge in [0.05, 0.1) is 16.9 Å². The third-order valence-corrected chi connectivity index (χ3v) is 1.66. The summed E-state index contributed by atoms with van der Waals surface area (Å²) in [6.45, 7) is -2.76. The van der Waals surface area contributed by atoms with Gasteiger partial charge < -0.3 is 4.57 Å². The third-order valence-electron chi connectivity index (χ3n) is 1.30. The second-order valence-electron chi connectivity index (χ2n) is 2.12. The molecule has 2 aromatic rings. The zero-order valence-corrected chi connectivity index (χ0v) is 7.81. The summed E-state index contributed by atoms with van der Waals surface area (Å²) in [6, 6.07) is -1.17. The zero-order chi connectivity index (χ0) is 16.1. The summed E-state index contributed by atoms with van der Waals surface area (Å²) in [6.07, 6.45) is -1.45. The fourth-order valence-electron chi connectivity index (χ4n) is 0.787. The highest BCUT2D eigenvalue weighted by atomic mass is 79.9. The highest BCUT2D eigenvalue weighted by Crippen LogP contribution is 2.13. The van der Waals surface area contributed by atoms with Gasteiger partial charge in [-0.1, -0.05) is 0 Å². The first-order valence-corrected chi connectivity index (χ1v) is 4.05. The van der Waals surface area contributed by atoms with Crippen molar-refractivity contribution in [1.29, 1.82) is 0 Å². The van der Waals surface area contributed by atoms with Crippen LogP contribution in [0.25, 0.3) is 5.69 Å². The van der Waals surface area contributed by atoms with Crippen molar-refractivity contribution in [2.75, 3.05) is 0 Å². The minimum absolute atomic E-state index is 0.00451. The first kappa shape index (κ1) is 3.20. The molecule has 0 spiro atoms. The summed E-state index contributed by atoms with van der Waals surface area (Å²) < 4.78 is 61.6. The molecular weight excluding hydrogens is 230 g/mol. The van der Waals surface area contributed by atoms with Crippen LogP contribution in [0.2, 0.25) is 0 Å².